The first-order valence-electron chi connectivity index (χ1n) is 4.57. The van der Waals surface area contributed by atoms with E-state index in [1.165, 1.54) is 0 Å². The lowest BCUT2D eigenvalue weighted by Crippen LogP contribution is -2.20. The quantitative estimate of drug-likeness (QED) is 0.560. The van der Waals surface area contributed by atoms with E-state index in [2.05, 4.69) is 9.98 Å². The van der Waals surface area contributed by atoms with Crippen LogP contribution in [0.2, 0.25) is 0 Å². The van der Waals surface area contributed by atoms with Crippen LogP contribution < -0.4 is 10.7 Å². The van der Waals surface area contributed by atoms with E-state index in [4.69, 9.17) is 4.74 Å². The van der Waals surface area contributed by atoms with E-state index in [1.54, 1.807) is 0 Å². The van der Waals surface area contributed by atoms with Crippen LogP contribution in [0.4, 0.5) is 0 Å². The fraction of sp³-hybridized carbons (Fsp3) is 0.400. The summed E-state index contributed by atoms with van der Waals surface area (Å²) in [5.74, 6) is -0.552. The third-order valence-corrected chi connectivity index (χ3v) is 2.45. The van der Waals surface area contributed by atoms with E-state index in [-0.39, 0.29) is 0 Å². The van der Waals surface area contributed by atoms with Crippen LogP contribution in [0.1, 0.15) is 12.8 Å². The first kappa shape index (κ1) is 7.21. The van der Waals surface area contributed by atoms with Gasteiger partial charge in [0.25, 0.3) is 5.85 Å². The SMILES string of the molecule is c1ccc2c(c1)=NC1(CCCO1)N=2. The average Bonchev–Trinajstić information content (AvgIpc) is 2.72. The summed E-state index contributed by atoms with van der Waals surface area (Å²) in [4.78, 5) is 8.99. The van der Waals surface area contributed by atoms with Crippen LogP contribution in [-0.4, -0.2) is 12.5 Å². The maximum Gasteiger partial charge on any atom is 0.257 e. The average molecular weight is 174 g/mol. The monoisotopic (exact) mass is 174 g/mol. The molecular weight excluding hydrogens is 164 g/mol. The van der Waals surface area contributed by atoms with Gasteiger partial charge in [-0.05, 0) is 18.6 Å². The van der Waals surface area contributed by atoms with Gasteiger partial charge in [-0.25, -0.2) is 9.98 Å². The summed E-state index contributed by atoms with van der Waals surface area (Å²) in [6, 6.07) is 7.92. The maximum absolute atomic E-state index is 5.55. The zero-order valence-corrected chi connectivity index (χ0v) is 7.23. The van der Waals surface area contributed by atoms with Crippen LogP contribution in [0.5, 0.6) is 0 Å². The molecule has 3 rings (SSSR count). The predicted molar refractivity (Wildman–Crippen MR) is 46.7 cm³/mol. The predicted octanol–water partition coefficient (Wildman–Crippen LogP) is 0.404. The molecule has 0 radical (unpaired) electrons. The molecule has 1 fully saturated rings. The van der Waals surface area contributed by atoms with Gasteiger partial charge in [-0.15, -0.1) is 0 Å². The minimum Gasteiger partial charge on any atom is -0.335 e. The smallest absolute Gasteiger partial charge is 0.257 e. The highest BCUT2D eigenvalue weighted by atomic mass is 16.5. The Hall–Kier alpha value is -1.22. The maximum atomic E-state index is 5.55. The molecule has 2 aliphatic heterocycles. The highest BCUT2D eigenvalue weighted by Gasteiger charge is 2.35. The molecule has 13 heavy (non-hydrogen) atoms. The number of para-hydroxylation sites is 2. The summed E-state index contributed by atoms with van der Waals surface area (Å²) in [6.45, 7) is 0.779. The molecular formula is C10H10N2O. The molecule has 0 N–H and O–H groups in total. The minimum atomic E-state index is -0.552. The van der Waals surface area contributed by atoms with Crippen LogP contribution in [0, 0.1) is 0 Å². The first-order valence-corrected chi connectivity index (χ1v) is 4.57. The normalized spacial score (nSPS) is 22.5. The molecule has 2 heterocycles. The third-order valence-electron chi connectivity index (χ3n) is 2.45. The van der Waals surface area contributed by atoms with Crippen LogP contribution in [0.25, 0.3) is 0 Å². The first-order chi connectivity index (χ1) is 6.38. The number of fused-ring (bicyclic) bond motifs is 1. The van der Waals surface area contributed by atoms with Crippen molar-refractivity contribution in [3.05, 3.63) is 35.0 Å². The molecule has 0 bridgehead atoms. The van der Waals surface area contributed by atoms with Gasteiger partial charge in [-0.3, -0.25) is 0 Å². The summed E-state index contributed by atoms with van der Waals surface area (Å²) in [5.41, 5.74) is 0. The molecule has 0 aliphatic carbocycles. The van der Waals surface area contributed by atoms with Gasteiger partial charge in [0.1, 0.15) is 0 Å². The summed E-state index contributed by atoms with van der Waals surface area (Å²) in [5, 5.41) is 1.92. The van der Waals surface area contributed by atoms with Gasteiger partial charge in [0.15, 0.2) is 0 Å². The van der Waals surface area contributed by atoms with Crippen molar-refractivity contribution in [2.24, 2.45) is 9.98 Å². The van der Waals surface area contributed by atoms with Crippen molar-refractivity contribution in [1.82, 2.24) is 0 Å². The van der Waals surface area contributed by atoms with Crippen LogP contribution >= 0.6 is 0 Å². The second kappa shape index (κ2) is 2.39. The number of benzene rings is 1. The Balaban J connectivity index is 2.22. The van der Waals surface area contributed by atoms with Gasteiger partial charge >= 0.3 is 0 Å². The van der Waals surface area contributed by atoms with Gasteiger partial charge in [0, 0.05) is 6.42 Å². The largest absolute Gasteiger partial charge is 0.335 e. The number of ether oxygens (including phenoxy) is 1. The molecule has 0 atom stereocenters. The Morgan fingerprint density at radius 1 is 1.15 bits per heavy atom. The van der Waals surface area contributed by atoms with Gasteiger partial charge in [0.2, 0.25) is 0 Å². The van der Waals surface area contributed by atoms with E-state index in [0.717, 1.165) is 30.2 Å². The van der Waals surface area contributed by atoms with Gasteiger partial charge in [-0.1, -0.05) is 12.1 Å². The lowest BCUT2D eigenvalue weighted by molar-refractivity contribution is 0.0183. The number of hydrogen-bond donors (Lipinski definition) is 0. The zero-order chi connectivity index (χ0) is 8.73. The standard InChI is InChI=1S/C10H10N2O/c1-2-5-9-8(4-1)11-10(12-9)6-3-7-13-10/h1-2,4-5H,3,6-7H2. The molecule has 3 nitrogen and oxygen atoms in total. The molecule has 0 amide bonds. The number of rotatable bonds is 0. The Morgan fingerprint density at radius 2 is 1.85 bits per heavy atom. The molecule has 0 unspecified atom stereocenters. The minimum absolute atomic E-state index is 0.552. The molecule has 2 aliphatic rings. The van der Waals surface area contributed by atoms with E-state index >= 15 is 0 Å². The molecule has 1 saturated heterocycles. The second-order valence-corrected chi connectivity index (χ2v) is 3.41. The number of nitrogens with zero attached hydrogens (tertiary/aromatic N) is 2. The Kier molecular flexibility index (Phi) is 1.32. The lowest BCUT2D eigenvalue weighted by atomic mass is 10.3. The van der Waals surface area contributed by atoms with Crippen molar-refractivity contribution in [1.29, 1.82) is 0 Å². The molecule has 66 valence electrons. The van der Waals surface area contributed by atoms with Crippen molar-refractivity contribution >= 4 is 0 Å². The molecule has 1 spiro atoms. The van der Waals surface area contributed by atoms with Gasteiger partial charge in [-0.2, -0.15) is 0 Å². The Bertz CT molecular complexity index is 409. The highest BCUT2D eigenvalue weighted by Crippen LogP contribution is 2.28. The van der Waals surface area contributed by atoms with Crippen LogP contribution in [-0.2, 0) is 4.74 Å². The second-order valence-electron chi connectivity index (χ2n) is 3.41. The molecule has 1 aromatic rings. The molecule has 1 aromatic carbocycles. The van der Waals surface area contributed by atoms with Crippen molar-refractivity contribution < 1.29 is 4.74 Å². The highest BCUT2D eigenvalue weighted by molar-refractivity contribution is 5.06. The van der Waals surface area contributed by atoms with Crippen molar-refractivity contribution in [2.75, 3.05) is 6.61 Å². The molecule has 3 heteroatoms. The molecule has 0 aromatic heterocycles. The molecule has 0 saturated carbocycles. The summed E-state index contributed by atoms with van der Waals surface area (Å²) < 4.78 is 5.55. The fourth-order valence-corrected chi connectivity index (χ4v) is 1.84. The van der Waals surface area contributed by atoms with Crippen molar-refractivity contribution in [3.63, 3.8) is 0 Å². The van der Waals surface area contributed by atoms with Gasteiger partial charge in [0.05, 0.1) is 17.3 Å². The summed E-state index contributed by atoms with van der Waals surface area (Å²) >= 11 is 0. The Morgan fingerprint density at radius 3 is 2.38 bits per heavy atom. The van der Waals surface area contributed by atoms with E-state index in [0.29, 0.717) is 0 Å². The third kappa shape index (κ3) is 1.00. The lowest BCUT2D eigenvalue weighted by Gasteiger charge is -2.13. The van der Waals surface area contributed by atoms with E-state index in [9.17, 15) is 0 Å². The van der Waals surface area contributed by atoms with Crippen LogP contribution in [0.3, 0.4) is 0 Å². The van der Waals surface area contributed by atoms with E-state index in [1.807, 2.05) is 24.3 Å². The van der Waals surface area contributed by atoms with Crippen molar-refractivity contribution in [2.45, 2.75) is 18.7 Å². The Labute approximate surface area is 75.8 Å². The topological polar surface area (TPSA) is 34.0 Å². The number of hydrogen-bond acceptors (Lipinski definition) is 3. The summed E-state index contributed by atoms with van der Waals surface area (Å²) in [7, 11) is 0. The van der Waals surface area contributed by atoms with Crippen LogP contribution in [0.15, 0.2) is 34.3 Å². The summed E-state index contributed by atoms with van der Waals surface area (Å²) in [6.07, 6.45) is 1.97. The van der Waals surface area contributed by atoms with Gasteiger partial charge < -0.3 is 4.74 Å². The fourth-order valence-electron chi connectivity index (χ4n) is 1.84. The van der Waals surface area contributed by atoms with Crippen molar-refractivity contribution in [3.8, 4) is 0 Å². The zero-order valence-electron chi connectivity index (χ0n) is 7.23. The van der Waals surface area contributed by atoms with E-state index < -0.39 is 5.85 Å².